The first kappa shape index (κ1) is 22.9. The van der Waals surface area contributed by atoms with E-state index in [1.165, 1.54) is 4.90 Å². The Morgan fingerprint density at radius 3 is 2.66 bits per heavy atom. The lowest BCUT2D eigenvalue weighted by Gasteiger charge is -2.14. The number of urea groups is 1. The Morgan fingerprint density at radius 2 is 1.97 bits per heavy atom. The average Bonchev–Trinajstić information content (AvgIpc) is 2.66. The van der Waals surface area contributed by atoms with E-state index >= 15 is 0 Å². The predicted molar refractivity (Wildman–Crippen MR) is 115 cm³/mol. The highest BCUT2D eigenvalue weighted by atomic mass is 32.2. The van der Waals surface area contributed by atoms with Gasteiger partial charge in [0.2, 0.25) is 5.91 Å². The molecule has 0 aliphatic heterocycles. The topological polar surface area (TPSA) is 97.5 Å². The number of imide groups is 1. The van der Waals surface area contributed by atoms with Gasteiger partial charge in [0.25, 0.3) is 5.56 Å². The number of quaternary nitrogens is 1. The molecule has 8 nitrogen and oxygen atoms in total. The van der Waals surface area contributed by atoms with Gasteiger partial charge >= 0.3 is 6.03 Å². The summed E-state index contributed by atoms with van der Waals surface area (Å²) in [5.41, 5.74) is 0.492. The first-order chi connectivity index (χ1) is 13.8. The maximum atomic E-state index is 12.9. The maximum absolute atomic E-state index is 12.9. The number of hydrogen-bond acceptors (Lipinski definition) is 5. The fourth-order valence-corrected chi connectivity index (χ4v) is 3.50. The van der Waals surface area contributed by atoms with Crippen LogP contribution in [0.25, 0.3) is 10.9 Å². The van der Waals surface area contributed by atoms with Crippen molar-refractivity contribution in [2.45, 2.75) is 32.0 Å². The molecule has 0 unspecified atom stereocenters. The highest BCUT2D eigenvalue weighted by Gasteiger charge is 2.15. The Hall–Kier alpha value is -2.39. The quantitative estimate of drug-likeness (QED) is 0.406. The van der Waals surface area contributed by atoms with Crippen LogP contribution in [0.2, 0.25) is 0 Å². The van der Waals surface area contributed by atoms with Crippen LogP contribution in [0, 0.1) is 5.92 Å². The van der Waals surface area contributed by atoms with Gasteiger partial charge < -0.3 is 10.2 Å². The molecular weight excluding hydrogens is 390 g/mol. The molecule has 0 fully saturated rings. The third kappa shape index (κ3) is 7.17. The van der Waals surface area contributed by atoms with Gasteiger partial charge in [-0.25, -0.2) is 9.78 Å². The molecule has 158 valence electrons. The number of benzene rings is 1. The number of carbonyl (C=O) groups is 2. The largest absolute Gasteiger partial charge is 0.340 e. The second-order valence-electron chi connectivity index (χ2n) is 7.62. The number of nitrogens with one attached hydrogen (secondary N) is 3. The normalized spacial score (nSPS) is 11.2. The third-order valence-corrected chi connectivity index (χ3v) is 5.12. The van der Waals surface area contributed by atoms with E-state index in [-0.39, 0.29) is 11.3 Å². The van der Waals surface area contributed by atoms with Crippen molar-refractivity contribution in [1.29, 1.82) is 0 Å². The van der Waals surface area contributed by atoms with Gasteiger partial charge in [0.15, 0.2) is 5.16 Å². The predicted octanol–water partition coefficient (Wildman–Crippen LogP) is 0.505. The molecule has 2 aromatic rings. The number of amides is 3. The van der Waals surface area contributed by atoms with Crippen LogP contribution in [-0.2, 0) is 11.3 Å². The smallest absolute Gasteiger partial charge is 0.321 e. The molecule has 3 amide bonds. The fraction of sp³-hybridized carbons (Fsp3) is 0.500. The number of hydrogen-bond donors (Lipinski definition) is 3. The van der Waals surface area contributed by atoms with Gasteiger partial charge in [0, 0.05) is 19.5 Å². The summed E-state index contributed by atoms with van der Waals surface area (Å²) in [6.45, 7) is 5.88. The van der Waals surface area contributed by atoms with Crippen molar-refractivity contribution in [2.75, 3.05) is 32.9 Å². The molecular formula is C20H30N5O3S+. The summed E-state index contributed by atoms with van der Waals surface area (Å²) in [7, 11) is 4.12. The van der Waals surface area contributed by atoms with Crippen LogP contribution < -0.4 is 21.1 Å². The summed E-state index contributed by atoms with van der Waals surface area (Å²) >= 11 is 1.16. The minimum atomic E-state index is -0.512. The summed E-state index contributed by atoms with van der Waals surface area (Å²) < 4.78 is 1.63. The highest BCUT2D eigenvalue weighted by Crippen LogP contribution is 2.17. The molecule has 0 saturated heterocycles. The van der Waals surface area contributed by atoms with Crippen LogP contribution in [0.1, 0.15) is 20.3 Å². The van der Waals surface area contributed by atoms with E-state index in [1.807, 2.05) is 26.0 Å². The lowest BCUT2D eigenvalue weighted by molar-refractivity contribution is -0.858. The number of thioether (sulfide) groups is 1. The summed E-state index contributed by atoms with van der Waals surface area (Å²) in [6, 6.07) is 6.68. The highest BCUT2D eigenvalue weighted by molar-refractivity contribution is 7.99. The summed E-state index contributed by atoms with van der Waals surface area (Å²) in [4.78, 5) is 42.7. The molecule has 0 bridgehead atoms. The Bertz CT molecular complexity index is 911. The molecule has 9 heteroatoms. The summed E-state index contributed by atoms with van der Waals surface area (Å²) in [6.07, 6.45) is 0.819. The molecule has 1 aromatic heterocycles. The van der Waals surface area contributed by atoms with Crippen molar-refractivity contribution in [2.24, 2.45) is 5.92 Å². The lowest BCUT2D eigenvalue weighted by atomic mass is 10.2. The van der Waals surface area contributed by atoms with Crippen molar-refractivity contribution in [3.63, 3.8) is 0 Å². The number of nitrogens with zero attached hydrogens (tertiary/aromatic N) is 2. The van der Waals surface area contributed by atoms with Crippen LogP contribution in [-0.4, -0.2) is 54.4 Å². The summed E-state index contributed by atoms with van der Waals surface area (Å²) in [5.74, 6) is -0.132. The molecule has 3 N–H and O–H groups in total. The van der Waals surface area contributed by atoms with E-state index in [0.29, 0.717) is 35.1 Å². The van der Waals surface area contributed by atoms with Crippen LogP contribution in [0.5, 0.6) is 0 Å². The minimum Gasteiger partial charge on any atom is -0.340 e. The van der Waals surface area contributed by atoms with Crippen molar-refractivity contribution >= 4 is 34.6 Å². The summed E-state index contributed by atoms with van der Waals surface area (Å²) in [5, 5.41) is 6.00. The van der Waals surface area contributed by atoms with E-state index in [9.17, 15) is 14.4 Å². The van der Waals surface area contributed by atoms with Gasteiger partial charge in [0.05, 0.1) is 37.3 Å². The van der Waals surface area contributed by atoms with Gasteiger partial charge in [0.1, 0.15) is 0 Å². The molecule has 29 heavy (non-hydrogen) atoms. The molecule has 0 saturated carbocycles. The zero-order valence-corrected chi connectivity index (χ0v) is 18.3. The van der Waals surface area contributed by atoms with Crippen LogP contribution in [0.3, 0.4) is 0 Å². The van der Waals surface area contributed by atoms with Crippen molar-refractivity contribution in [1.82, 2.24) is 20.2 Å². The average molecular weight is 421 g/mol. The number of aromatic nitrogens is 2. The molecule has 2 rings (SSSR count). The van der Waals surface area contributed by atoms with Crippen molar-refractivity contribution in [3.8, 4) is 0 Å². The number of carbonyl (C=O) groups excluding carboxylic acids is 2. The Morgan fingerprint density at radius 1 is 1.24 bits per heavy atom. The van der Waals surface area contributed by atoms with E-state index in [2.05, 4.69) is 29.7 Å². The molecule has 0 aliphatic carbocycles. The molecule has 0 spiro atoms. The second-order valence-corrected chi connectivity index (χ2v) is 8.56. The number of para-hydroxylation sites is 1. The van der Waals surface area contributed by atoms with Crippen molar-refractivity contribution in [3.05, 3.63) is 34.6 Å². The minimum absolute atomic E-state index is 0.00118. The van der Waals surface area contributed by atoms with Crippen LogP contribution in [0.4, 0.5) is 4.79 Å². The molecule has 0 aliphatic rings. The first-order valence-electron chi connectivity index (χ1n) is 9.77. The first-order valence-corrected chi connectivity index (χ1v) is 10.8. The molecule has 0 atom stereocenters. The third-order valence-electron chi connectivity index (χ3n) is 4.14. The second kappa shape index (κ2) is 11.0. The van der Waals surface area contributed by atoms with Gasteiger partial charge in [-0.1, -0.05) is 37.7 Å². The van der Waals surface area contributed by atoms with Gasteiger partial charge in [-0.2, -0.15) is 0 Å². The molecule has 1 aromatic carbocycles. The fourth-order valence-electron chi connectivity index (χ4n) is 2.68. The van der Waals surface area contributed by atoms with E-state index in [4.69, 9.17) is 0 Å². The van der Waals surface area contributed by atoms with Gasteiger partial charge in [-0.3, -0.25) is 19.5 Å². The lowest BCUT2D eigenvalue weighted by Crippen LogP contribution is -3.05. The van der Waals surface area contributed by atoms with Crippen LogP contribution in [0.15, 0.2) is 34.2 Å². The molecule has 0 radical (unpaired) electrons. The van der Waals surface area contributed by atoms with Crippen molar-refractivity contribution < 1.29 is 14.5 Å². The number of rotatable bonds is 9. The molecule has 1 heterocycles. The van der Waals surface area contributed by atoms with E-state index < -0.39 is 11.9 Å². The zero-order chi connectivity index (χ0) is 21.4. The van der Waals surface area contributed by atoms with Gasteiger partial charge in [-0.15, -0.1) is 0 Å². The van der Waals surface area contributed by atoms with Crippen LogP contribution >= 0.6 is 11.8 Å². The SMILES string of the molecule is CC(C)CNC(=O)NC(=O)CSc1nc2ccccc2c(=O)n1CCC[NH+](C)C. The standard InChI is InChI=1S/C20H29N5O3S/c1-14(2)12-21-19(28)23-17(26)13-29-20-22-16-9-6-5-8-15(16)18(27)25(20)11-7-10-24(3)4/h5-6,8-9,14H,7,10-13H2,1-4H3,(H2,21,23,26,28)/p+1. The van der Waals surface area contributed by atoms with E-state index in [1.54, 1.807) is 16.7 Å². The number of fused-ring (bicyclic) bond motifs is 1. The zero-order valence-electron chi connectivity index (χ0n) is 17.4. The Labute approximate surface area is 175 Å². The maximum Gasteiger partial charge on any atom is 0.321 e. The monoisotopic (exact) mass is 420 g/mol. The van der Waals surface area contributed by atoms with Gasteiger partial charge in [-0.05, 0) is 18.1 Å². The Balaban J connectivity index is 2.12. The van der Waals surface area contributed by atoms with E-state index in [0.717, 1.165) is 24.7 Å². The Kier molecular flexibility index (Phi) is 8.66.